The number of hydrogen-bond acceptors (Lipinski definition) is 5. The molecule has 2 atom stereocenters. The van der Waals surface area contributed by atoms with E-state index in [0.29, 0.717) is 11.8 Å². The quantitative estimate of drug-likeness (QED) is 0.839. The molecule has 20 heavy (non-hydrogen) atoms. The van der Waals surface area contributed by atoms with E-state index >= 15 is 0 Å². The predicted octanol–water partition coefficient (Wildman–Crippen LogP) is 0.905. The fourth-order valence-corrected chi connectivity index (χ4v) is 3.57. The molecule has 0 amide bonds. The molecule has 0 radical (unpaired) electrons. The van der Waals surface area contributed by atoms with Crippen molar-refractivity contribution in [3.05, 3.63) is 18.1 Å². The van der Waals surface area contributed by atoms with Crippen LogP contribution in [0.4, 0.5) is 5.82 Å². The van der Waals surface area contributed by atoms with Crippen molar-refractivity contribution in [3.63, 3.8) is 0 Å². The number of nitrogens with zero attached hydrogens (tertiary/aromatic N) is 3. The molecule has 108 valence electrons. The zero-order valence-corrected chi connectivity index (χ0v) is 11.8. The molecular formula is C15H22N4O. The third-order valence-electron chi connectivity index (χ3n) is 5.13. The molecule has 3 fully saturated rings. The maximum absolute atomic E-state index is 10.7. The monoisotopic (exact) mass is 274 g/mol. The fraction of sp³-hybridized carbons (Fsp3) is 0.733. The molecule has 5 heteroatoms. The average Bonchev–Trinajstić information content (AvgIpc) is 3.31. The molecule has 2 saturated heterocycles. The molecule has 0 unspecified atom stereocenters. The molecule has 4 rings (SSSR count). The molecule has 3 heterocycles. The standard InChI is InChI=1S/C15H22N4O/c20-15-3-5-16-8-12(15)9-19(6-4-15)14-7-13(11-1-2-11)17-10-18-14/h7,10-12,16,20H,1-6,8-9H2/t12-,15-/m1/s1. The van der Waals surface area contributed by atoms with Crippen LogP contribution in [0.15, 0.2) is 12.4 Å². The molecule has 2 N–H and O–H groups in total. The Morgan fingerprint density at radius 1 is 1.30 bits per heavy atom. The average molecular weight is 274 g/mol. The fourth-order valence-electron chi connectivity index (χ4n) is 3.57. The van der Waals surface area contributed by atoms with E-state index < -0.39 is 5.60 Å². The van der Waals surface area contributed by atoms with Crippen LogP contribution in [0.5, 0.6) is 0 Å². The largest absolute Gasteiger partial charge is 0.389 e. The molecule has 0 aromatic carbocycles. The van der Waals surface area contributed by atoms with Gasteiger partial charge in [-0.15, -0.1) is 0 Å². The number of piperidine rings is 2. The maximum atomic E-state index is 10.7. The summed E-state index contributed by atoms with van der Waals surface area (Å²) >= 11 is 0. The second-order valence-electron chi connectivity index (χ2n) is 6.53. The van der Waals surface area contributed by atoms with Gasteiger partial charge >= 0.3 is 0 Å². The number of hydrogen-bond donors (Lipinski definition) is 2. The van der Waals surface area contributed by atoms with E-state index in [2.05, 4.69) is 26.3 Å². The summed E-state index contributed by atoms with van der Waals surface area (Å²) < 4.78 is 0. The lowest BCUT2D eigenvalue weighted by atomic mass is 9.76. The molecule has 5 nitrogen and oxygen atoms in total. The van der Waals surface area contributed by atoms with Gasteiger partial charge in [-0.05, 0) is 32.2 Å². The van der Waals surface area contributed by atoms with Crippen molar-refractivity contribution < 1.29 is 5.11 Å². The summed E-state index contributed by atoms with van der Waals surface area (Å²) in [5, 5.41) is 14.1. The van der Waals surface area contributed by atoms with Crippen LogP contribution < -0.4 is 10.2 Å². The van der Waals surface area contributed by atoms with Crippen molar-refractivity contribution in [2.75, 3.05) is 31.1 Å². The lowest BCUT2D eigenvalue weighted by molar-refractivity contribution is -0.0539. The first-order valence-electron chi connectivity index (χ1n) is 7.75. The Morgan fingerprint density at radius 3 is 3.05 bits per heavy atom. The molecule has 1 aromatic heterocycles. The van der Waals surface area contributed by atoms with Gasteiger partial charge in [-0.1, -0.05) is 0 Å². The van der Waals surface area contributed by atoms with Crippen molar-refractivity contribution in [3.8, 4) is 0 Å². The number of nitrogens with one attached hydrogen (secondary N) is 1. The second kappa shape index (κ2) is 4.67. The summed E-state index contributed by atoms with van der Waals surface area (Å²) in [6, 6.07) is 2.15. The van der Waals surface area contributed by atoms with Crippen LogP contribution in [0.1, 0.15) is 37.3 Å². The lowest BCUT2D eigenvalue weighted by Crippen LogP contribution is -2.59. The van der Waals surface area contributed by atoms with Crippen molar-refractivity contribution in [1.29, 1.82) is 0 Å². The van der Waals surface area contributed by atoms with Crippen molar-refractivity contribution >= 4 is 5.82 Å². The summed E-state index contributed by atoms with van der Waals surface area (Å²) in [6.07, 6.45) is 5.96. The Bertz CT molecular complexity index is 504. The van der Waals surface area contributed by atoms with Gasteiger partial charge in [-0.2, -0.15) is 0 Å². The lowest BCUT2D eigenvalue weighted by Gasteiger charge is -2.47. The summed E-state index contributed by atoms with van der Waals surface area (Å²) in [5.74, 6) is 2.01. The van der Waals surface area contributed by atoms with Crippen molar-refractivity contribution in [1.82, 2.24) is 15.3 Å². The molecular weight excluding hydrogens is 252 g/mol. The molecule has 0 bridgehead atoms. The topological polar surface area (TPSA) is 61.3 Å². The van der Waals surface area contributed by atoms with Gasteiger partial charge in [-0.3, -0.25) is 0 Å². The van der Waals surface area contributed by atoms with Gasteiger partial charge in [0, 0.05) is 43.2 Å². The third kappa shape index (κ3) is 2.19. The maximum Gasteiger partial charge on any atom is 0.132 e. The van der Waals surface area contributed by atoms with Gasteiger partial charge in [0.25, 0.3) is 0 Å². The Kier molecular flexibility index (Phi) is 2.93. The van der Waals surface area contributed by atoms with Gasteiger partial charge < -0.3 is 15.3 Å². The first kappa shape index (κ1) is 12.5. The van der Waals surface area contributed by atoms with Gasteiger partial charge in [0.2, 0.25) is 0 Å². The van der Waals surface area contributed by atoms with Crippen LogP contribution in [-0.4, -0.2) is 46.9 Å². The Morgan fingerprint density at radius 2 is 2.20 bits per heavy atom. The SMILES string of the molecule is O[C@@]12CCNC[C@@H]1CN(c1cc(C3CC3)ncn1)CC2. The number of anilines is 1. The van der Waals surface area contributed by atoms with Gasteiger partial charge in [0.1, 0.15) is 12.1 Å². The normalized spacial score (nSPS) is 33.9. The summed E-state index contributed by atoms with van der Waals surface area (Å²) in [7, 11) is 0. The highest BCUT2D eigenvalue weighted by Gasteiger charge is 2.43. The molecule has 2 aliphatic heterocycles. The van der Waals surface area contributed by atoms with Crippen LogP contribution >= 0.6 is 0 Å². The van der Waals surface area contributed by atoms with Gasteiger partial charge in [-0.25, -0.2) is 9.97 Å². The zero-order valence-electron chi connectivity index (χ0n) is 11.8. The molecule has 3 aliphatic rings. The first-order valence-corrected chi connectivity index (χ1v) is 7.75. The molecule has 0 spiro atoms. The first-order chi connectivity index (χ1) is 9.74. The van der Waals surface area contributed by atoms with Gasteiger partial charge in [0.15, 0.2) is 0 Å². The Balaban J connectivity index is 1.53. The third-order valence-corrected chi connectivity index (χ3v) is 5.13. The van der Waals surface area contributed by atoms with E-state index in [1.807, 2.05) is 0 Å². The van der Waals surface area contributed by atoms with E-state index in [4.69, 9.17) is 0 Å². The van der Waals surface area contributed by atoms with Crippen LogP contribution in [0.2, 0.25) is 0 Å². The number of aliphatic hydroxyl groups is 1. The molecule has 1 aromatic rings. The van der Waals surface area contributed by atoms with E-state index in [1.54, 1.807) is 6.33 Å². The highest BCUT2D eigenvalue weighted by Crippen LogP contribution is 2.40. The summed E-state index contributed by atoms with van der Waals surface area (Å²) in [4.78, 5) is 11.2. The number of rotatable bonds is 2. The highest BCUT2D eigenvalue weighted by atomic mass is 16.3. The van der Waals surface area contributed by atoms with Crippen LogP contribution in [0.25, 0.3) is 0 Å². The van der Waals surface area contributed by atoms with Crippen LogP contribution in [0.3, 0.4) is 0 Å². The highest BCUT2D eigenvalue weighted by molar-refractivity contribution is 5.41. The van der Waals surface area contributed by atoms with Crippen molar-refractivity contribution in [2.45, 2.75) is 37.2 Å². The molecule has 1 aliphatic carbocycles. The molecule has 1 saturated carbocycles. The van der Waals surface area contributed by atoms with E-state index in [9.17, 15) is 5.11 Å². The second-order valence-corrected chi connectivity index (χ2v) is 6.53. The van der Waals surface area contributed by atoms with Gasteiger partial charge in [0.05, 0.1) is 5.60 Å². The smallest absolute Gasteiger partial charge is 0.132 e. The Labute approximate surface area is 119 Å². The number of fused-ring (bicyclic) bond motifs is 1. The Hall–Kier alpha value is -1.20. The predicted molar refractivity (Wildman–Crippen MR) is 76.8 cm³/mol. The minimum Gasteiger partial charge on any atom is -0.389 e. The van der Waals surface area contributed by atoms with E-state index in [-0.39, 0.29) is 0 Å². The van der Waals surface area contributed by atoms with Crippen LogP contribution in [0, 0.1) is 5.92 Å². The zero-order chi connectivity index (χ0) is 13.6. The van der Waals surface area contributed by atoms with Crippen LogP contribution in [-0.2, 0) is 0 Å². The minimum atomic E-state index is -0.464. The van der Waals surface area contributed by atoms with Crippen molar-refractivity contribution in [2.24, 2.45) is 5.92 Å². The van der Waals surface area contributed by atoms with E-state index in [0.717, 1.165) is 44.8 Å². The van der Waals surface area contributed by atoms with E-state index in [1.165, 1.54) is 18.5 Å². The minimum absolute atomic E-state index is 0.310. The summed E-state index contributed by atoms with van der Waals surface area (Å²) in [5.41, 5.74) is 0.728. The number of aromatic nitrogens is 2. The summed E-state index contributed by atoms with van der Waals surface area (Å²) in [6.45, 7) is 3.64.